The summed E-state index contributed by atoms with van der Waals surface area (Å²) in [6, 6.07) is 0. The number of rotatable bonds is 15. The average molecular weight is 338 g/mol. The van der Waals surface area contributed by atoms with E-state index in [1.54, 1.807) is 0 Å². The van der Waals surface area contributed by atoms with E-state index in [1.165, 1.54) is 89.9 Å². The molecule has 1 heterocycles. The highest BCUT2D eigenvalue weighted by Gasteiger charge is 2.16. The summed E-state index contributed by atoms with van der Waals surface area (Å²) < 4.78 is 0. The minimum atomic E-state index is 0.403. The van der Waals surface area contributed by atoms with Crippen LogP contribution in [0.15, 0.2) is 0 Å². The zero-order valence-electron chi connectivity index (χ0n) is 16.7. The minimum Gasteiger partial charge on any atom is -0.343 e. The fourth-order valence-corrected chi connectivity index (χ4v) is 3.84. The second-order valence-corrected chi connectivity index (χ2v) is 8.06. The Bertz CT molecular complexity index is 296. The van der Waals surface area contributed by atoms with Gasteiger partial charge in [0.25, 0.3) is 0 Å². The van der Waals surface area contributed by atoms with Crippen molar-refractivity contribution >= 4 is 5.91 Å². The molecule has 0 aromatic heterocycles. The number of likely N-dealkylation sites (tertiary alicyclic amines) is 1. The Kier molecular flexibility index (Phi) is 13.3. The minimum absolute atomic E-state index is 0.403. The van der Waals surface area contributed by atoms with Crippen LogP contribution in [0.1, 0.15) is 117 Å². The van der Waals surface area contributed by atoms with E-state index in [2.05, 4.69) is 18.7 Å². The number of unbranched alkanes of at least 4 members (excludes halogenated alkanes) is 9. The van der Waals surface area contributed by atoms with Crippen LogP contribution in [-0.2, 0) is 4.79 Å². The number of hydrogen-bond donors (Lipinski definition) is 0. The predicted octanol–water partition coefficient (Wildman–Crippen LogP) is 6.73. The summed E-state index contributed by atoms with van der Waals surface area (Å²) in [5.74, 6) is 1.34. The molecule has 1 fully saturated rings. The molecule has 1 aliphatic rings. The van der Waals surface area contributed by atoms with Crippen LogP contribution in [0.25, 0.3) is 0 Å². The third-order valence-corrected chi connectivity index (χ3v) is 5.60. The SMILES string of the molecule is CCCCCC(C)CCCCCCCCCCC(=O)N1CCCC1. The summed E-state index contributed by atoms with van der Waals surface area (Å²) in [6.45, 7) is 6.74. The summed E-state index contributed by atoms with van der Waals surface area (Å²) in [6.07, 6.45) is 20.9. The van der Waals surface area contributed by atoms with Crippen molar-refractivity contribution in [2.75, 3.05) is 13.1 Å². The molecule has 0 aromatic carbocycles. The second kappa shape index (κ2) is 14.8. The van der Waals surface area contributed by atoms with E-state index in [0.29, 0.717) is 5.91 Å². The average Bonchev–Trinajstić information content (AvgIpc) is 3.11. The molecule has 1 rings (SSSR count). The van der Waals surface area contributed by atoms with Crippen molar-refractivity contribution in [1.82, 2.24) is 4.90 Å². The zero-order valence-corrected chi connectivity index (χ0v) is 16.7. The Labute approximate surface area is 151 Å². The monoisotopic (exact) mass is 337 g/mol. The molecule has 1 unspecified atom stereocenters. The Morgan fingerprint density at radius 1 is 0.792 bits per heavy atom. The van der Waals surface area contributed by atoms with Gasteiger partial charge in [0, 0.05) is 19.5 Å². The molecule has 2 heteroatoms. The van der Waals surface area contributed by atoms with Gasteiger partial charge in [-0.05, 0) is 25.2 Å². The lowest BCUT2D eigenvalue weighted by atomic mass is 9.96. The molecular formula is C22H43NO. The molecule has 2 nitrogen and oxygen atoms in total. The van der Waals surface area contributed by atoms with Gasteiger partial charge >= 0.3 is 0 Å². The molecule has 0 N–H and O–H groups in total. The first kappa shape index (κ1) is 21.5. The van der Waals surface area contributed by atoms with Gasteiger partial charge in [-0.25, -0.2) is 0 Å². The Morgan fingerprint density at radius 2 is 1.29 bits per heavy atom. The zero-order chi connectivity index (χ0) is 17.5. The molecule has 0 aliphatic carbocycles. The van der Waals surface area contributed by atoms with Gasteiger partial charge in [0.05, 0.1) is 0 Å². The first-order valence-corrected chi connectivity index (χ1v) is 11.0. The van der Waals surface area contributed by atoms with E-state index < -0.39 is 0 Å². The molecule has 0 aromatic rings. The molecule has 0 radical (unpaired) electrons. The van der Waals surface area contributed by atoms with Crippen molar-refractivity contribution in [3.8, 4) is 0 Å². The smallest absolute Gasteiger partial charge is 0.222 e. The topological polar surface area (TPSA) is 20.3 Å². The second-order valence-electron chi connectivity index (χ2n) is 8.06. The molecule has 1 amide bonds. The van der Waals surface area contributed by atoms with Crippen molar-refractivity contribution in [1.29, 1.82) is 0 Å². The maximum Gasteiger partial charge on any atom is 0.222 e. The van der Waals surface area contributed by atoms with Gasteiger partial charge in [-0.15, -0.1) is 0 Å². The normalized spacial score (nSPS) is 15.8. The molecule has 1 saturated heterocycles. The van der Waals surface area contributed by atoms with Crippen LogP contribution in [0.5, 0.6) is 0 Å². The lowest BCUT2D eigenvalue weighted by Crippen LogP contribution is -2.27. The lowest BCUT2D eigenvalue weighted by Gasteiger charge is -2.14. The van der Waals surface area contributed by atoms with Crippen LogP contribution >= 0.6 is 0 Å². The fourth-order valence-electron chi connectivity index (χ4n) is 3.84. The highest BCUT2D eigenvalue weighted by Crippen LogP contribution is 2.18. The van der Waals surface area contributed by atoms with Crippen molar-refractivity contribution < 1.29 is 4.79 Å². The number of hydrogen-bond acceptors (Lipinski definition) is 1. The summed E-state index contributed by atoms with van der Waals surface area (Å²) in [5, 5.41) is 0. The highest BCUT2D eigenvalue weighted by atomic mass is 16.2. The van der Waals surface area contributed by atoms with Gasteiger partial charge in [-0.2, -0.15) is 0 Å². The van der Waals surface area contributed by atoms with Crippen molar-refractivity contribution in [2.45, 2.75) is 117 Å². The number of amides is 1. The van der Waals surface area contributed by atoms with Crippen LogP contribution < -0.4 is 0 Å². The quantitative estimate of drug-likeness (QED) is 0.303. The highest BCUT2D eigenvalue weighted by molar-refractivity contribution is 5.76. The van der Waals surface area contributed by atoms with Gasteiger partial charge < -0.3 is 4.90 Å². The van der Waals surface area contributed by atoms with Crippen LogP contribution in [0.4, 0.5) is 0 Å². The molecular weight excluding hydrogens is 294 g/mol. The number of nitrogens with zero attached hydrogens (tertiary/aromatic N) is 1. The van der Waals surface area contributed by atoms with E-state index in [9.17, 15) is 4.79 Å². The molecule has 0 saturated carbocycles. The van der Waals surface area contributed by atoms with E-state index in [1.807, 2.05) is 0 Å². The maximum atomic E-state index is 11.9. The van der Waals surface area contributed by atoms with Crippen molar-refractivity contribution in [3.63, 3.8) is 0 Å². The molecule has 1 aliphatic heterocycles. The van der Waals surface area contributed by atoms with Crippen LogP contribution in [0.3, 0.4) is 0 Å². The van der Waals surface area contributed by atoms with E-state index in [0.717, 1.165) is 31.8 Å². The molecule has 142 valence electrons. The third-order valence-electron chi connectivity index (χ3n) is 5.60. The molecule has 0 spiro atoms. The van der Waals surface area contributed by atoms with Crippen molar-refractivity contribution in [3.05, 3.63) is 0 Å². The maximum absolute atomic E-state index is 11.9. The fraction of sp³-hybridized carbons (Fsp3) is 0.955. The molecule has 24 heavy (non-hydrogen) atoms. The van der Waals surface area contributed by atoms with Gasteiger partial charge in [-0.1, -0.05) is 90.9 Å². The van der Waals surface area contributed by atoms with Crippen LogP contribution in [0.2, 0.25) is 0 Å². The number of carbonyl (C=O) groups excluding carboxylic acids is 1. The summed E-state index contributed by atoms with van der Waals surface area (Å²) in [7, 11) is 0. The summed E-state index contributed by atoms with van der Waals surface area (Å²) in [4.78, 5) is 14.0. The molecule has 1 atom stereocenters. The van der Waals surface area contributed by atoms with Crippen LogP contribution in [-0.4, -0.2) is 23.9 Å². The Hall–Kier alpha value is -0.530. The van der Waals surface area contributed by atoms with Crippen LogP contribution in [0, 0.1) is 5.92 Å². The largest absolute Gasteiger partial charge is 0.343 e. The van der Waals surface area contributed by atoms with Gasteiger partial charge in [0.1, 0.15) is 0 Å². The van der Waals surface area contributed by atoms with Gasteiger partial charge in [0.15, 0.2) is 0 Å². The van der Waals surface area contributed by atoms with Gasteiger partial charge in [-0.3, -0.25) is 4.79 Å². The summed E-state index contributed by atoms with van der Waals surface area (Å²) >= 11 is 0. The molecule has 0 bridgehead atoms. The third kappa shape index (κ3) is 11.1. The Morgan fingerprint density at radius 3 is 1.88 bits per heavy atom. The van der Waals surface area contributed by atoms with Gasteiger partial charge in [0.2, 0.25) is 5.91 Å². The Balaban J connectivity index is 1.78. The van der Waals surface area contributed by atoms with Crippen molar-refractivity contribution in [2.24, 2.45) is 5.92 Å². The standard InChI is InChI=1S/C22H43NO/c1-3-4-11-16-21(2)17-12-9-7-5-6-8-10-13-18-22(24)23-19-14-15-20-23/h21H,3-20H2,1-2H3. The first-order valence-electron chi connectivity index (χ1n) is 11.0. The summed E-state index contributed by atoms with van der Waals surface area (Å²) in [5.41, 5.74) is 0. The van der Waals surface area contributed by atoms with E-state index in [4.69, 9.17) is 0 Å². The number of carbonyl (C=O) groups is 1. The van der Waals surface area contributed by atoms with E-state index >= 15 is 0 Å². The predicted molar refractivity (Wildman–Crippen MR) is 105 cm³/mol. The first-order chi connectivity index (χ1) is 11.7. The van der Waals surface area contributed by atoms with E-state index in [-0.39, 0.29) is 0 Å². The lowest BCUT2D eigenvalue weighted by molar-refractivity contribution is -0.130.